The predicted octanol–water partition coefficient (Wildman–Crippen LogP) is 3.26. The molecule has 1 aliphatic carbocycles. The van der Waals surface area contributed by atoms with Gasteiger partial charge in [-0.15, -0.1) is 0 Å². The third kappa shape index (κ3) is 3.10. The molecule has 2 aromatic heterocycles. The summed E-state index contributed by atoms with van der Waals surface area (Å²) in [5.74, 6) is 1.51. The Morgan fingerprint density at radius 2 is 2.00 bits per heavy atom. The molecule has 1 aromatic carbocycles. The summed E-state index contributed by atoms with van der Waals surface area (Å²) < 4.78 is 8.01. The number of fused-ring (bicyclic) bond motifs is 1. The normalized spacial score (nSPS) is 18.7. The molecular formula is C23H25N5O2. The number of aromatic nitrogens is 3. The molecule has 1 saturated heterocycles. The molecule has 0 bridgehead atoms. The third-order valence-electron chi connectivity index (χ3n) is 6.07. The van der Waals surface area contributed by atoms with Crippen molar-refractivity contribution < 1.29 is 9.53 Å². The van der Waals surface area contributed by atoms with Crippen LogP contribution in [0.15, 0.2) is 43.2 Å². The lowest BCUT2D eigenvalue weighted by Crippen LogP contribution is -2.26. The second-order valence-electron chi connectivity index (χ2n) is 8.09. The average Bonchev–Trinajstić information content (AvgIpc) is 3.34. The van der Waals surface area contributed by atoms with E-state index < -0.39 is 0 Å². The lowest BCUT2D eigenvalue weighted by atomic mass is 9.94. The van der Waals surface area contributed by atoms with Crippen molar-refractivity contribution in [2.75, 3.05) is 18.8 Å². The van der Waals surface area contributed by atoms with Gasteiger partial charge in [0.1, 0.15) is 23.5 Å². The number of benzene rings is 1. The predicted molar refractivity (Wildman–Crippen MR) is 116 cm³/mol. The molecule has 5 rings (SSSR count). The second kappa shape index (κ2) is 7.16. The van der Waals surface area contributed by atoms with E-state index in [9.17, 15) is 4.79 Å². The Labute approximate surface area is 175 Å². The number of aryl methyl sites for hydroxylation is 1. The van der Waals surface area contributed by atoms with E-state index in [-0.39, 0.29) is 11.8 Å². The topological polar surface area (TPSA) is 86.3 Å². The van der Waals surface area contributed by atoms with Gasteiger partial charge in [0.2, 0.25) is 5.91 Å². The van der Waals surface area contributed by atoms with Crippen molar-refractivity contribution in [2.45, 2.75) is 31.3 Å². The summed E-state index contributed by atoms with van der Waals surface area (Å²) >= 11 is 0. The monoisotopic (exact) mass is 403 g/mol. The maximum absolute atomic E-state index is 12.1. The molecule has 154 valence electrons. The minimum atomic E-state index is -0.0290. The van der Waals surface area contributed by atoms with Gasteiger partial charge >= 0.3 is 0 Å². The standard InChI is InChI=1S/C23H25N5O2/c1-3-18(29)28-11-10-15(12-28)21-19(20-22(24)25-13-26-23(20)27(21)2)14-4-6-16(7-5-14)30-17-8-9-17/h3-7,13,15,17H,1,8-12H2,2H3,(H2,24,25,26). The molecule has 7 nitrogen and oxygen atoms in total. The Balaban J connectivity index is 1.61. The molecule has 0 radical (unpaired) electrons. The van der Waals surface area contributed by atoms with E-state index in [2.05, 4.69) is 33.2 Å². The fourth-order valence-electron chi connectivity index (χ4n) is 4.45. The van der Waals surface area contributed by atoms with Crippen molar-refractivity contribution in [1.29, 1.82) is 0 Å². The van der Waals surface area contributed by atoms with Crippen molar-refractivity contribution in [2.24, 2.45) is 7.05 Å². The molecule has 2 N–H and O–H groups in total. The minimum Gasteiger partial charge on any atom is -0.490 e. The molecule has 1 amide bonds. The van der Waals surface area contributed by atoms with Crippen LogP contribution in [-0.4, -0.2) is 44.5 Å². The minimum absolute atomic E-state index is 0.0290. The van der Waals surface area contributed by atoms with E-state index in [1.165, 1.54) is 12.4 Å². The van der Waals surface area contributed by atoms with Crippen LogP contribution in [0.1, 0.15) is 30.9 Å². The summed E-state index contributed by atoms with van der Waals surface area (Å²) in [5.41, 5.74) is 10.3. The molecule has 2 fully saturated rings. The van der Waals surface area contributed by atoms with Gasteiger partial charge in [0.05, 0.1) is 11.5 Å². The third-order valence-corrected chi connectivity index (χ3v) is 6.07. The van der Waals surface area contributed by atoms with Crippen LogP contribution in [0.4, 0.5) is 5.82 Å². The first-order valence-corrected chi connectivity index (χ1v) is 10.3. The zero-order valence-corrected chi connectivity index (χ0v) is 17.0. The van der Waals surface area contributed by atoms with E-state index in [1.54, 1.807) is 0 Å². The molecule has 1 unspecified atom stereocenters. The van der Waals surface area contributed by atoms with E-state index in [4.69, 9.17) is 10.5 Å². The number of nitrogen functional groups attached to an aromatic ring is 1. The van der Waals surface area contributed by atoms with Gasteiger partial charge < -0.3 is 19.9 Å². The number of rotatable bonds is 5. The Morgan fingerprint density at radius 3 is 2.70 bits per heavy atom. The maximum Gasteiger partial charge on any atom is 0.245 e. The number of nitrogens with two attached hydrogens (primary N) is 1. The fourth-order valence-corrected chi connectivity index (χ4v) is 4.45. The average molecular weight is 403 g/mol. The summed E-state index contributed by atoms with van der Waals surface area (Å²) in [6, 6.07) is 8.17. The van der Waals surface area contributed by atoms with Crippen LogP contribution >= 0.6 is 0 Å². The highest BCUT2D eigenvalue weighted by Gasteiger charge is 2.32. The highest BCUT2D eigenvalue weighted by Crippen LogP contribution is 2.42. The molecule has 1 aliphatic heterocycles. The first kappa shape index (κ1) is 18.7. The van der Waals surface area contributed by atoms with Gasteiger partial charge in [0, 0.05) is 37.3 Å². The van der Waals surface area contributed by atoms with Crippen LogP contribution in [0.25, 0.3) is 22.2 Å². The molecule has 3 heterocycles. The van der Waals surface area contributed by atoms with Crippen LogP contribution in [0, 0.1) is 0 Å². The van der Waals surface area contributed by atoms with Crippen LogP contribution in [0.2, 0.25) is 0 Å². The van der Waals surface area contributed by atoms with Gasteiger partial charge in [0.15, 0.2) is 0 Å². The van der Waals surface area contributed by atoms with Gasteiger partial charge in [-0.2, -0.15) is 0 Å². The zero-order valence-electron chi connectivity index (χ0n) is 17.0. The van der Waals surface area contributed by atoms with Gasteiger partial charge in [0.25, 0.3) is 0 Å². The molecule has 1 atom stereocenters. The van der Waals surface area contributed by atoms with Crippen LogP contribution < -0.4 is 10.5 Å². The summed E-state index contributed by atoms with van der Waals surface area (Å²) in [4.78, 5) is 22.7. The number of nitrogens with zero attached hydrogens (tertiary/aromatic N) is 4. The summed E-state index contributed by atoms with van der Waals surface area (Å²) in [5, 5.41) is 0.861. The number of ether oxygens (including phenoxy) is 1. The number of amides is 1. The summed E-state index contributed by atoms with van der Waals surface area (Å²) in [7, 11) is 2.01. The Hall–Kier alpha value is -3.35. The SMILES string of the molecule is C=CC(=O)N1CCC(c2c(-c3ccc(OC4CC4)cc3)c3c(N)ncnc3n2C)C1. The maximum atomic E-state index is 12.1. The van der Waals surface area contributed by atoms with E-state index >= 15 is 0 Å². The molecule has 7 heteroatoms. The van der Waals surface area contributed by atoms with Crippen LogP contribution in [0.5, 0.6) is 5.75 Å². The van der Waals surface area contributed by atoms with E-state index in [0.717, 1.165) is 52.9 Å². The molecule has 2 aliphatic rings. The van der Waals surface area contributed by atoms with Crippen molar-refractivity contribution >= 4 is 22.8 Å². The molecular weight excluding hydrogens is 378 g/mol. The number of anilines is 1. The zero-order chi connectivity index (χ0) is 20.8. The van der Waals surface area contributed by atoms with Crippen LogP contribution in [-0.2, 0) is 11.8 Å². The molecule has 0 spiro atoms. The highest BCUT2D eigenvalue weighted by atomic mass is 16.5. The Kier molecular flexibility index (Phi) is 4.46. The lowest BCUT2D eigenvalue weighted by molar-refractivity contribution is -0.125. The Bertz CT molecular complexity index is 1130. The lowest BCUT2D eigenvalue weighted by Gasteiger charge is -2.17. The van der Waals surface area contributed by atoms with Crippen LogP contribution in [0.3, 0.4) is 0 Å². The molecule has 1 saturated carbocycles. The fraction of sp³-hybridized carbons (Fsp3) is 0.348. The number of hydrogen-bond donors (Lipinski definition) is 1. The summed E-state index contributed by atoms with van der Waals surface area (Å²) in [6.45, 7) is 4.99. The van der Waals surface area contributed by atoms with Crippen molar-refractivity contribution in [3.63, 3.8) is 0 Å². The Morgan fingerprint density at radius 1 is 1.23 bits per heavy atom. The number of hydrogen-bond acceptors (Lipinski definition) is 5. The smallest absolute Gasteiger partial charge is 0.245 e. The van der Waals surface area contributed by atoms with Gasteiger partial charge in [-0.3, -0.25) is 4.79 Å². The number of carbonyl (C=O) groups is 1. The molecule has 3 aromatic rings. The first-order chi connectivity index (χ1) is 14.6. The van der Waals surface area contributed by atoms with Gasteiger partial charge in [-0.05, 0) is 43.0 Å². The molecule has 30 heavy (non-hydrogen) atoms. The summed E-state index contributed by atoms with van der Waals surface area (Å²) in [6.07, 6.45) is 6.38. The van der Waals surface area contributed by atoms with Crippen molar-refractivity contribution in [3.05, 3.63) is 48.9 Å². The van der Waals surface area contributed by atoms with E-state index in [0.29, 0.717) is 25.0 Å². The number of likely N-dealkylation sites (tertiary alicyclic amines) is 1. The van der Waals surface area contributed by atoms with Crippen molar-refractivity contribution in [1.82, 2.24) is 19.4 Å². The van der Waals surface area contributed by atoms with Gasteiger partial charge in [-0.25, -0.2) is 9.97 Å². The highest BCUT2D eigenvalue weighted by molar-refractivity contribution is 6.02. The van der Waals surface area contributed by atoms with Gasteiger partial charge in [-0.1, -0.05) is 18.7 Å². The van der Waals surface area contributed by atoms with E-state index in [1.807, 2.05) is 24.1 Å². The second-order valence-corrected chi connectivity index (χ2v) is 8.09. The first-order valence-electron chi connectivity index (χ1n) is 10.3. The van der Waals surface area contributed by atoms with Crippen molar-refractivity contribution in [3.8, 4) is 16.9 Å². The largest absolute Gasteiger partial charge is 0.490 e. The number of carbonyl (C=O) groups excluding carboxylic acids is 1. The quantitative estimate of drug-likeness (QED) is 0.661.